The Morgan fingerprint density at radius 2 is 1.91 bits per heavy atom. The normalized spacial score (nSPS) is 13.3. The summed E-state index contributed by atoms with van der Waals surface area (Å²) < 4.78 is 1.52. The smallest absolute Gasteiger partial charge is 0.326 e. The number of aromatic nitrogens is 3. The van der Waals surface area contributed by atoms with Crippen LogP contribution in [-0.4, -0.2) is 33.5 Å². The number of carbonyl (C=O) groups is 1. The molecular weight excluding hydrogens is 402 g/mol. The van der Waals surface area contributed by atoms with Crippen molar-refractivity contribution in [1.29, 1.82) is 0 Å². The highest BCUT2D eigenvalue weighted by molar-refractivity contribution is 5.97. The lowest BCUT2D eigenvalue weighted by molar-refractivity contribution is 0.0951. The van der Waals surface area contributed by atoms with Gasteiger partial charge < -0.3 is 15.2 Å². The Balaban J connectivity index is 1.21. The molecule has 1 aliphatic carbocycles. The van der Waals surface area contributed by atoms with Crippen LogP contribution in [0.25, 0.3) is 11.0 Å². The molecule has 0 saturated carbocycles. The summed E-state index contributed by atoms with van der Waals surface area (Å²) in [6, 6.07) is 18.2. The van der Waals surface area contributed by atoms with Gasteiger partial charge in [-0.05, 0) is 53.8 Å². The van der Waals surface area contributed by atoms with Crippen molar-refractivity contribution >= 4 is 22.8 Å². The quantitative estimate of drug-likeness (QED) is 0.513. The standard InChI is InChI=1S/C25H25N5O2/c1-29(20-11-17-5-3-4-6-18(17)12-20)23-10-7-16(14-26-23)15-27-24(31)19-8-9-22-21(13-19)28-25(32)30(22)2/h3-10,13-14,20H,11-12,15H2,1-2H3,(H,27,31)(H,28,32). The number of likely N-dealkylation sites (N-methyl/N-ethyl adjacent to an activating group) is 1. The molecule has 5 rings (SSSR count). The van der Waals surface area contributed by atoms with Gasteiger partial charge in [0.2, 0.25) is 0 Å². The van der Waals surface area contributed by atoms with E-state index in [1.807, 2.05) is 18.3 Å². The lowest BCUT2D eigenvalue weighted by atomic mass is 10.1. The maximum absolute atomic E-state index is 12.6. The second-order valence-corrected chi connectivity index (χ2v) is 8.37. The lowest BCUT2D eigenvalue weighted by Gasteiger charge is -2.25. The van der Waals surface area contributed by atoms with Crippen LogP contribution in [0.5, 0.6) is 0 Å². The fourth-order valence-corrected chi connectivity index (χ4v) is 4.39. The molecule has 0 saturated heterocycles. The number of aromatic amines is 1. The van der Waals surface area contributed by atoms with Gasteiger partial charge in [0.25, 0.3) is 5.91 Å². The molecule has 2 aromatic carbocycles. The summed E-state index contributed by atoms with van der Waals surface area (Å²) >= 11 is 0. The third-order valence-corrected chi connectivity index (χ3v) is 6.37. The highest BCUT2D eigenvalue weighted by Crippen LogP contribution is 2.27. The van der Waals surface area contributed by atoms with E-state index in [0.29, 0.717) is 23.7 Å². The van der Waals surface area contributed by atoms with E-state index in [1.165, 1.54) is 15.7 Å². The van der Waals surface area contributed by atoms with Gasteiger partial charge in [0.1, 0.15) is 5.82 Å². The van der Waals surface area contributed by atoms with E-state index in [-0.39, 0.29) is 11.6 Å². The molecule has 2 heterocycles. The number of imidazole rings is 1. The van der Waals surface area contributed by atoms with Crippen LogP contribution in [0, 0.1) is 0 Å². The van der Waals surface area contributed by atoms with Gasteiger partial charge >= 0.3 is 5.69 Å². The molecule has 2 N–H and O–H groups in total. The summed E-state index contributed by atoms with van der Waals surface area (Å²) in [6.45, 7) is 0.383. The third-order valence-electron chi connectivity index (χ3n) is 6.37. The second-order valence-electron chi connectivity index (χ2n) is 8.37. The first-order valence-corrected chi connectivity index (χ1v) is 10.7. The molecule has 0 spiro atoms. The van der Waals surface area contributed by atoms with E-state index in [4.69, 9.17) is 0 Å². The summed E-state index contributed by atoms with van der Waals surface area (Å²) in [5.74, 6) is 0.734. The highest BCUT2D eigenvalue weighted by atomic mass is 16.2. The van der Waals surface area contributed by atoms with E-state index in [1.54, 1.807) is 25.2 Å². The predicted octanol–water partition coefficient (Wildman–Crippen LogP) is 2.80. The van der Waals surface area contributed by atoms with Crippen molar-refractivity contribution in [2.45, 2.75) is 25.4 Å². The summed E-state index contributed by atoms with van der Waals surface area (Å²) in [4.78, 5) is 33.9. The minimum absolute atomic E-state index is 0.193. The summed E-state index contributed by atoms with van der Waals surface area (Å²) in [5.41, 5.74) is 5.48. The SMILES string of the molecule is CN(c1ccc(CNC(=O)c2ccc3c(c2)[nH]c(=O)n3C)cn1)C1Cc2ccccc2C1. The Kier molecular flexibility index (Phi) is 5.01. The molecule has 1 amide bonds. The number of rotatable bonds is 5. The average molecular weight is 428 g/mol. The Labute approximate surface area is 185 Å². The zero-order valence-electron chi connectivity index (χ0n) is 18.1. The topological polar surface area (TPSA) is 83.0 Å². The van der Waals surface area contributed by atoms with Crippen molar-refractivity contribution < 1.29 is 4.79 Å². The molecule has 0 aliphatic heterocycles. The molecule has 0 unspecified atom stereocenters. The molecule has 1 aliphatic rings. The number of hydrogen-bond acceptors (Lipinski definition) is 4. The van der Waals surface area contributed by atoms with E-state index < -0.39 is 0 Å². The number of H-pyrrole nitrogens is 1. The van der Waals surface area contributed by atoms with Crippen molar-refractivity contribution in [2.75, 3.05) is 11.9 Å². The van der Waals surface area contributed by atoms with Crippen molar-refractivity contribution in [2.24, 2.45) is 7.05 Å². The van der Waals surface area contributed by atoms with Crippen LogP contribution in [0.1, 0.15) is 27.0 Å². The number of hydrogen-bond donors (Lipinski definition) is 2. The number of benzene rings is 2. The first-order valence-electron chi connectivity index (χ1n) is 10.7. The molecule has 0 atom stereocenters. The van der Waals surface area contributed by atoms with E-state index in [0.717, 1.165) is 29.7 Å². The Hall–Kier alpha value is -3.87. The largest absolute Gasteiger partial charge is 0.356 e. The Bertz CT molecular complexity index is 1330. The molecule has 162 valence electrons. The van der Waals surface area contributed by atoms with Gasteiger partial charge in [0.15, 0.2) is 0 Å². The molecule has 4 aromatic rings. The first kappa shape index (κ1) is 20.1. The highest BCUT2D eigenvalue weighted by Gasteiger charge is 2.25. The van der Waals surface area contributed by atoms with Gasteiger partial charge in [-0.1, -0.05) is 30.3 Å². The van der Waals surface area contributed by atoms with Crippen molar-refractivity contribution in [3.8, 4) is 0 Å². The second kappa shape index (κ2) is 8.00. The van der Waals surface area contributed by atoms with Crippen LogP contribution in [-0.2, 0) is 26.4 Å². The predicted molar refractivity (Wildman–Crippen MR) is 125 cm³/mol. The van der Waals surface area contributed by atoms with Crippen LogP contribution >= 0.6 is 0 Å². The minimum atomic E-state index is -0.199. The first-order chi connectivity index (χ1) is 15.5. The van der Waals surface area contributed by atoms with Gasteiger partial charge in [-0.15, -0.1) is 0 Å². The van der Waals surface area contributed by atoms with Crippen molar-refractivity contribution in [3.05, 3.63) is 93.5 Å². The van der Waals surface area contributed by atoms with Gasteiger partial charge in [-0.2, -0.15) is 0 Å². The van der Waals surface area contributed by atoms with Gasteiger partial charge in [0, 0.05) is 38.4 Å². The molecule has 0 bridgehead atoms. The van der Waals surface area contributed by atoms with Crippen molar-refractivity contribution in [3.63, 3.8) is 0 Å². The van der Waals surface area contributed by atoms with Crippen LogP contribution in [0.3, 0.4) is 0 Å². The van der Waals surface area contributed by atoms with Gasteiger partial charge in [-0.3, -0.25) is 9.36 Å². The van der Waals surface area contributed by atoms with Gasteiger partial charge in [0.05, 0.1) is 11.0 Å². The number of aryl methyl sites for hydroxylation is 1. The number of nitrogens with zero attached hydrogens (tertiary/aromatic N) is 3. The van der Waals surface area contributed by atoms with Crippen LogP contribution in [0.15, 0.2) is 65.6 Å². The number of amides is 1. The summed E-state index contributed by atoms with van der Waals surface area (Å²) in [7, 11) is 3.78. The molecule has 2 aromatic heterocycles. The summed E-state index contributed by atoms with van der Waals surface area (Å²) in [5, 5.41) is 2.93. The average Bonchev–Trinajstić information content (AvgIpc) is 3.37. The Morgan fingerprint density at radius 1 is 1.16 bits per heavy atom. The fourth-order valence-electron chi connectivity index (χ4n) is 4.39. The number of carbonyl (C=O) groups excluding carboxylic acids is 1. The van der Waals surface area contributed by atoms with Crippen LogP contribution in [0.2, 0.25) is 0 Å². The van der Waals surface area contributed by atoms with E-state index >= 15 is 0 Å². The van der Waals surface area contributed by atoms with E-state index in [2.05, 4.69) is 51.5 Å². The molecule has 7 nitrogen and oxygen atoms in total. The zero-order chi connectivity index (χ0) is 22.2. The molecule has 32 heavy (non-hydrogen) atoms. The monoisotopic (exact) mass is 427 g/mol. The lowest BCUT2D eigenvalue weighted by Crippen LogP contribution is -2.32. The number of anilines is 1. The number of nitrogens with one attached hydrogen (secondary N) is 2. The van der Waals surface area contributed by atoms with E-state index in [9.17, 15) is 9.59 Å². The van der Waals surface area contributed by atoms with Crippen LogP contribution < -0.4 is 15.9 Å². The molecular formula is C25H25N5O2. The minimum Gasteiger partial charge on any atom is -0.356 e. The number of fused-ring (bicyclic) bond motifs is 2. The third kappa shape index (κ3) is 3.66. The Morgan fingerprint density at radius 3 is 2.59 bits per heavy atom. The molecule has 0 radical (unpaired) electrons. The molecule has 7 heteroatoms. The maximum Gasteiger partial charge on any atom is 0.326 e. The van der Waals surface area contributed by atoms with Crippen molar-refractivity contribution in [1.82, 2.24) is 19.9 Å². The summed E-state index contributed by atoms with van der Waals surface area (Å²) in [6.07, 6.45) is 3.87. The number of pyridine rings is 1. The fraction of sp³-hybridized carbons (Fsp3) is 0.240. The zero-order valence-corrected chi connectivity index (χ0v) is 18.1. The van der Waals surface area contributed by atoms with Gasteiger partial charge in [-0.25, -0.2) is 9.78 Å². The maximum atomic E-state index is 12.6. The molecule has 0 fully saturated rings. The van der Waals surface area contributed by atoms with Crippen LogP contribution in [0.4, 0.5) is 5.82 Å².